The number of nitrogens with zero attached hydrogens (tertiary/aromatic N) is 4. The molecule has 0 bridgehead atoms. The third-order valence-corrected chi connectivity index (χ3v) is 2.93. The van der Waals surface area contributed by atoms with Gasteiger partial charge in [-0.05, 0) is 20.8 Å². The normalized spacial score (nSPS) is 11.6. The number of hydrogen-bond donors (Lipinski definition) is 0. The van der Waals surface area contributed by atoms with Gasteiger partial charge in [0.2, 0.25) is 0 Å². The summed E-state index contributed by atoms with van der Waals surface area (Å²) in [4.78, 5) is 28.2. The van der Waals surface area contributed by atoms with E-state index < -0.39 is 0 Å². The van der Waals surface area contributed by atoms with E-state index in [-0.39, 0.29) is 17.3 Å². The summed E-state index contributed by atoms with van der Waals surface area (Å²) in [5.74, 6) is 0. The first-order chi connectivity index (χ1) is 7.99. The van der Waals surface area contributed by atoms with Crippen LogP contribution in [0.3, 0.4) is 0 Å². The number of imidazole rings is 1. The lowest BCUT2D eigenvalue weighted by atomic mass is 10.3. The molecule has 0 aliphatic carbocycles. The number of aromatic nitrogens is 4. The van der Waals surface area contributed by atoms with Crippen molar-refractivity contribution in [2.24, 2.45) is 7.05 Å². The minimum atomic E-state index is -0.320. The van der Waals surface area contributed by atoms with Crippen LogP contribution in [0.15, 0.2) is 15.9 Å². The van der Waals surface area contributed by atoms with E-state index in [4.69, 9.17) is 0 Å². The predicted octanol–water partition coefficient (Wildman–Crippen LogP) is 0.497. The molecule has 0 atom stereocenters. The fraction of sp³-hybridized carbons (Fsp3) is 0.545. The molecule has 2 aromatic rings. The van der Waals surface area contributed by atoms with E-state index in [1.54, 1.807) is 24.9 Å². The van der Waals surface area contributed by atoms with Gasteiger partial charge < -0.3 is 4.57 Å². The Balaban J connectivity index is 3.03. The fourth-order valence-electron chi connectivity index (χ4n) is 1.96. The molecule has 0 amide bonds. The molecule has 0 N–H and O–H groups in total. The summed E-state index contributed by atoms with van der Waals surface area (Å²) >= 11 is 0. The summed E-state index contributed by atoms with van der Waals surface area (Å²) in [7, 11) is 1.63. The maximum Gasteiger partial charge on any atom is 0.332 e. The van der Waals surface area contributed by atoms with E-state index in [1.165, 1.54) is 9.13 Å². The Labute approximate surface area is 98.1 Å². The molecule has 6 heteroatoms. The van der Waals surface area contributed by atoms with Crippen molar-refractivity contribution in [1.29, 1.82) is 0 Å². The van der Waals surface area contributed by atoms with Crippen molar-refractivity contribution < 1.29 is 0 Å². The molecule has 0 saturated carbocycles. The molecule has 0 aliphatic rings. The van der Waals surface area contributed by atoms with Gasteiger partial charge in [0, 0.05) is 19.6 Å². The smallest absolute Gasteiger partial charge is 0.322 e. The number of aryl methyl sites for hydroxylation is 1. The van der Waals surface area contributed by atoms with Crippen LogP contribution in [0.4, 0.5) is 0 Å². The molecule has 2 rings (SSSR count). The van der Waals surface area contributed by atoms with Gasteiger partial charge in [-0.25, -0.2) is 9.78 Å². The second-order valence-corrected chi connectivity index (χ2v) is 4.31. The van der Waals surface area contributed by atoms with Crippen molar-refractivity contribution in [2.45, 2.75) is 33.4 Å². The molecule has 0 unspecified atom stereocenters. The van der Waals surface area contributed by atoms with E-state index in [0.717, 1.165) is 0 Å². The van der Waals surface area contributed by atoms with Crippen LogP contribution in [0.5, 0.6) is 0 Å². The van der Waals surface area contributed by atoms with Crippen LogP contribution in [0.2, 0.25) is 0 Å². The van der Waals surface area contributed by atoms with Crippen molar-refractivity contribution in [3.05, 3.63) is 27.2 Å². The summed E-state index contributed by atoms with van der Waals surface area (Å²) in [6.45, 7) is 6.10. The number of hydrogen-bond acceptors (Lipinski definition) is 3. The number of rotatable bonds is 2. The molecule has 0 saturated heterocycles. The van der Waals surface area contributed by atoms with Crippen molar-refractivity contribution in [2.75, 3.05) is 0 Å². The van der Waals surface area contributed by atoms with Crippen molar-refractivity contribution in [1.82, 2.24) is 18.7 Å². The van der Waals surface area contributed by atoms with E-state index >= 15 is 0 Å². The topological polar surface area (TPSA) is 61.8 Å². The third-order valence-electron chi connectivity index (χ3n) is 2.93. The third kappa shape index (κ3) is 1.51. The van der Waals surface area contributed by atoms with Gasteiger partial charge in [0.1, 0.15) is 0 Å². The summed E-state index contributed by atoms with van der Waals surface area (Å²) < 4.78 is 4.44. The summed E-state index contributed by atoms with van der Waals surface area (Å²) in [5.41, 5.74) is 0.346. The molecular weight excluding hydrogens is 220 g/mol. The van der Waals surface area contributed by atoms with Crippen molar-refractivity contribution in [3.8, 4) is 0 Å². The monoisotopic (exact) mass is 236 g/mol. The van der Waals surface area contributed by atoms with Gasteiger partial charge in [-0.2, -0.15) is 0 Å². The molecule has 2 aromatic heterocycles. The van der Waals surface area contributed by atoms with Gasteiger partial charge >= 0.3 is 5.69 Å². The van der Waals surface area contributed by atoms with Gasteiger partial charge in [0.25, 0.3) is 5.56 Å². The molecule has 6 nitrogen and oxygen atoms in total. The Hall–Kier alpha value is -1.85. The minimum Gasteiger partial charge on any atom is -0.322 e. The first-order valence-corrected chi connectivity index (χ1v) is 5.65. The summed E-state index contributed by atoms with van der Waals surface area (Å²) in [6.07, 6.45) is 1.61. The Morgan fingerprint density at radius 2 is 2.00 bits per heavy atom. The van der Waals surface area contributed by atoms with Gasteiger partial charge in [0.15, 0.2) is 11.2 Å². The largest absolute Gasteiger partial charge is 0.332 e. The SMILES string of the molecule is CCn1c(=O)c2c(ncn2C(C)C)n(C)c1=O. The molecule has 2 heterocycles. The fourth-order valence-corrected chi connectivity index (χ4v) is 1.96. The van der Waals surface area contributed by atoms with Crippen molar-refractivity contribution >= 4 is 11.2 Å². The quantitative estimate of drug-likeness (QED) is 0.762. The minimum absolute atomic E-state index is 0.135. The molecule has 0 spiro atoms. The highest BCUT2D eigenvalue weighted by atomic mass is 16.2. The van der Waals surface area contributed by atoms with Gasteiger partial charge in [-0.15, -0.1) is 0 Å². The molecule has 0 aromatic carbocycles. The highest BCUT2D eigenvalue weighted by Crippen LogP contribution is 2.11. The zero-order chi connectivity index (χ0) is 12.7. The van der Waals surface area contributed by atoms with Gasteiger partial charge in [0.05, 0.1) is 6.33 Å². The average Bonchev–Trinajstić information content (AvgIpc) is 2.71. The second kappa shape index (κ2) is 3.87. The Kier molecular flexibility index (Phi) is 2.65. The maximum absolute atomic E-state index is 12.2. The first kappa shape index (κ1) is 11.6. The van der Waals surface area contributed by atoms with Crippen LogP contribution < -0.4 is 11.2 Å². The highest BCUT2D eigenvalue weighted by molar-refractivity contribution is 5.70. The Morgan fingerprint density at radius 1 is 1.35 bits per heavy atom. The van der Waals surface area contributed by atoms with Crippen LogP contribution in [0.25, 0.3) is 11.2 Å². The summed E-state index contributed by atoms with van der Waals surface area (Å²) in [6, 6.07) is 0.135. The average molecular weight is 236 g/mol. The van der Waals surface area contributed by atoms with Crippen LogP contribution in [0, 0.1) is 0 Å². The second-order valence-electron chi connectivity index (χ2n) is 4.31. The Bertz CT molecular complexity index is 675. The van der Waals surface area contributed by atoms with E-state index in [9.17, 15) is 9.59 Å². The zero-order valence-electron chi connectivity index (χ0n) is 10.5. The van der Waals surface area contributed by atoms with Gasteiger partial charge in [-0.1, -0.05) is 0 Å². The number of fused-ring (bicyclic) bond motifs is 1. The highest BCUT2D eigenvalue weighted by Gasteiger charge is 2.16. The maximum atomic E-state index is 12.2. The van der Waals surface area contributed by atoms with Crippen LogP contribution in [-0.2, 0) is 13.6 Å². The van der Waals surface area contributed by atoms with Gasteiger partial charge in [-0.3, -0.25) is 13.9 Å². The lowest BCUT2D eigenvalue weighted by Crippen LogP contribution is -2.39. The molecule has 17 heavy (non-hydrogen) atoms. The standard InChI is InChI=1S/C11H16N4O2/c1-5-14-10(16)8-9(13(4)11(14)17)12-6-15(8)7(2)3/h6-7H,5H2,1-4H3. The van der Waals surface area contributed by atoms with E-state index in [0.29, 0.717) is 17.7 Å². The predicted molar refractivity (Wildman–Crippen MR) is 65.3 cm³/mol. The zero-order valence-corrected chi connectivity index (χ0v) is 10.5. The lowest BCUT2D eigenvalue weighted by molar-refractivity contribution is 0.600. The van der Waals surface area contributed by atoms with Crippen LogP contribution >= 0.6 is 0 Å². The molecular formula is C11H16N4O2. The van der Waals surface area contributed by atoms with Crippen molar-refractivity contribution in [3.63, 3.8) is 0 Å². The molecule has 0 aliphatic heterocycles. The van der Waals surface area contributed by atoms with Crippen LogP contribution in [0.1, 0.15) is 26.8 Å². The van der Waals surface area contributed by atoms with Crippen LogP contribution in [-0.4, -0.2) is 18.7 Å². The van der Waals surface area contributed by atoms with E-state index in [2.05, 4.69) is 4.98 Å². The Morgan fingerprint density at radius 3 is 2.53 bits per heavy atom. The molecule has 0 radical (unpaired) electrons. The summed E-state index contributed by atoms with van der Waals surface area (Å²) in [5, 5.41) is 0. The molecule has 92 valence electrons. The van der Waals surface area contributed by atoms with E-state index in [1.807, 2.05) is 13.8 Å². The first-order valence-electron chi connectivity index (χ1n) is 5.65. The lowest BCUT2D eigenvalue weighted by Gasteiger charge is -2.10. The molecule has 0 fully saturated rings.